The number of rotatable bonds is 8. The highest BCUT2D eigenvalue weighted by Crippen LogP contribution is 2.19. The summed E-state index contributed by atoms with van der Waals surface area (Å²) in [7, 11) is -1.31. The smallest absolute Gasteiger partial charge is 0.451 e. The van der Waals surface area contributed by atoms with E-state index in [2.05, 4.69) is 0 Å². The Morgan fingerprint density at radius 1 is 1.40 bits per heavy atom. The Labute approximate surface area is 90.4 Å². The van der Waals surface area contributed by atoms with E-state index in [0.717, 1.165) is 12.8 Å². The number of hydrogen-bond donors (Lipinski definition) is 4. The van der Waals surface area contributed by atoms with Crippen LogP contribution < -0.4 is 5.73 Å². The Morgan fingerprint density at radius 3 is 2.40 bits per heavy atom. The maximum atomic E-state index is 10.6. The standard InChI is InChI=1S/C9H20BNO4/c1-2-3-7(4-5-10(14)15)6-8(11)9(12)13/h7-8,14-15H,2-6,11H2,1H3,(H,12,13). The fourth-order valence-electron chi connectivity index (χ4n) is 1.63. The van der Waals surface area contributed by atoms with Crippen molar-refractivity contribution in [1.29, 1.82) is 0 Å². The van der Waals surface area contributed by atoms with Gasteiger partial charge in [-0.1, -0.05) is 26.2 Å². The molecule has 0 bridgehead atoms. The van der Waals surface area contributed by atoms with Gasteiger partial charge in [-0.25, -0.2) is 0 Å². The third kappa shape index (κ3) is 7.36. The lowest BCUT2D eigenvalue weighted by atomic mass is 9.78. The molecule has 0 fully saturated rings. The predicted molar refractivity (Wildman–Crippen MR) is 58.2 cm³/mol. The van der Waals surface area contributed by atoms with Crippen LogP contribution in [0, 0.1) is 5.92 Å². The number of aliphatic carboxylic acids is 1. The van der Waals surface area contributed by atoms with Crippen LogP contribution in [0.5, 0.6) is 0 Å². The van der Waals surface area contributed by atoms with Crippen molar-refractivity contribution < 1.29 is 19.9 Å². The summed E-state index contributed by atoms with van der Waals surface area (Å²) in [5.41, 5.74) is 5.43. The van der Waals surface area contributed by atoms with Gasteiger partial charge in [0.15, 0.2) is 0 Å². The van der Waals surface area contributed by atoms with Crippen molar-refractivity contribution in [3.05, 3.63) is 0 Å². The van der Waals surface area contributed by atoms with Crippen molar-refractivity contribution in [2.75, 3.05) is 0 Å². The Hall–Kier alpha value is -0.585. The van der Waals surface area contributed by atoms with E-state index >= 15 is 0 Å². The lowest BCUT2D eigenvalue weighted by Gasteiger charge is -2.17. The molecule has 0 heterocycles. The number of hydrogen-bond acceptors (Lipinski definition) is 4. The summed E-state index contributed by atoms with van der Waals surface area (Å²) in [4.78, 5) is 10.6. The highest BCUT2D eigenvalue weighted by atomic mass is 16.4. The van der Waals surface area contributed by atoms with Crippen LogP contribution in [0.15, 0.2) is 0 Å². The fraction of sp³-hybridized carbons (Fsp3) is 0.889. The molecule has 0 aliphatic rings. The highest BCUT2D eigenvalue weighted by molar-refractivity contribution is 6.40. The van der Waals surface area contributed by atoms with Crippen LogP contribution in [-0.4, -0.2) is 34.3 Å². The molecule has 5 N–H and O–H groups in total. The van der Waals surface area contributed by atoms with E-state index in [9.17, 15) is 4.79 Å². The molecule has 2 atom stereocenters. The maximum Gasteiger partial charge on any atom is 0.451 e. The molecular formula is C9H20BNO4. The summed E-state index contributed by atoms with van der Waals surface area (Å²) in [6.45, 7) is 2.01. The molecule has 0 aliphatic heterocycles. The molecule has 0 saturated carbocycles. The topological polar surface area (TPSA) is 104 Å². The Kier molecular flexibility index (Phi) is 7.37. The Bertz CT molecular complexity index is 189. The molecule has 15 heavy (non-hydrogen) atoms. The molecule has 0 aromatic rings. The van der Waals surface area contributed by atoms with Gasteiger partial charge in [0.1, 0.15) is 6.04 Å². The van der Waals surface area contributed by atoms with Crippen LogP contribution in [-0.2, 0) is 4.79 Å². The third-order valence-corrected chi connectivity index (χ3v) is 2.43. The van der Waals surface area contributed by atoms with Gasteiger partial charge >= 0.3 is 13.1 Å². The number of nitrogens with two attached hydrogens (primary N) is 1. The van der Waals surface area contributed by atoms with Crippen LogP contribution in [0.3, 0.4) is 0 Å². The molecule has 6 heteroatoms. The van der Waals surface area contributed by atoms with Crippen molar-refractivity contribution >= 4 is 13.1 Å². The SMILES string of the molecule is CCCC(CCB(O)O)CC(N)C(=O)O. The molecule has 0 aromatic heterocycles. The summed E-state index contributed by atoms with van der Waals surface area (Å²) in [6.07, 6.45) is 3.09. The molecule has 0 aliphatic carbocycles. The summed E-state index contributed by atoms with van der Waals surface area (Å²) in [6, 6.07) is -0.850. The minimum Gasteiger partial charge on any atom is -0.480 e. The van der Waals surface area contributed by atoms with Gasteiger partial charge in [-0.05, 0) is 18.7 Å². The molecular weight excluding hydrogens is 197 g/mol. The molecule has 0 saturated heterocycles. The van der Waals surface area contributed by atoms with Crippen LogP contribution >= 0.6 is 0 Å². The third-order valence-electron chi connectivity index (χ3n) is 2.43. The molecule has 0 radical (unpaired) electrons. The molecule has 0 amide bonds. The highest BCUT2D eigenvalue weighted by Gasteiger charge is 2.19. The predicted octanol–water partition coefficient (Wildman–Crippen LogP) is 0.0676. The average molecular weight is 217 g/mol. The first-order valence-corrected chi connectivity index (χ1v) is 5.31. The van der Waals surface area contributed by atoms with E-state index in [1.54, 1.807) is 0 Å². The first kappa shape index (κ1) is 14.4. The molecule has 0 spiro atoms. The first-order valence-electron chi connectivity index (χ1n) is 5.31. The van der Waals surface area contributed by atoms with Crippen LogP contribution in [0.1, 0.15) is 32.6 Å². The maximum absolute atomic E-state index is 10.6. The van der Waals surface area contributed by atoms with E-state index in [1.165, 1.54) is 0 Å². The second-order valence-electron chi connectivity index (χ2n) is 3.89. The van der Waals surface area contributed by atoms with Gasteiger partial charge in [-0.15, -0.1) is 0 Å². The van der Waals surface area contributed by atoms with E-state index in [4.69, 9.17) is 20.9 Å². The zero-order valence-electron chi connectivity index (χ0n) is 9.09. The van der Waals surface area contributed by atoms with Gasteiger partial charge in [0.25, 0.3) is 0 Å². The summed E-state index contributed by atoms with van der Waals surface area (Å²) < 4.78 is 0. The quantitative estimate of drug-likeness (QED) is 0.430. The second-order valence-corrected chi connectivity index (χ2v) is 3.89. The molecule has 0 rings (SSSR count). The lowest BCUT2D eigenvalue weighted by Crippen LogP contribution is -2.32. The van der Waals surface area contributed by atoms with Gasteiger partial charge in [0, 0.05) is 0 Å². The van der Waals surface area contributed by atoms with Gasteiger partial charge < -0.3 is 20.9 Å². The lowest BCUT2D eigenvalue weighted by molar-refractivity contribution is -0.139. The number of carboxylic acid groups (broad SMARTS) is 1. The van der Waals surface area contributed by atoms with Gasteiger partial charge in [0.2, 0.25) is 0 Å². The minimum absolute atomic E-state index is 0.155. The van der Waals surface area contributed by atoms with E-state index < -0.39 is 19.1 Å². The van der Waals surface area contributed by atoms with Gasteiger partial charge in [-0.2, -0.15) is 0 Å². The fourth-order valence-corrected chi connectivity index (χ4v) is 1.63. The van der Waals surface area contributed by atoms with Crippen LogP contribution in [0.2, 0.25) is 6.32 Å². The van der Waals surface area contributed by atoms with Gasteiger partial charge in [-0.3, -0.25) is 4.79 Å². The number of carboxylic acids is 1. The van der Waals surface area contributed by atoms with Crippen LogP contribution in [0.4, 0.5) is 0 Å². The van der Waals surface area contributed by atoms with E-state index in [0.29, 0.717) is 12.8 Å². The minimum atomic E-state index is -1.31. The molecule has 5 nitrogen and oxygen atoms in total. The second kappa shape index (κ2) is 7.67. The van der Waals surface area contributed by atoms with E-state index in [-0.39, 0.29) is 12.2 Å². The van der Waals surface area contributed by atoms with Crippen LogP contribution in [0.25, 0.3) is 0 Å². The van der Waals surface area contributed by atoms with Crippen molar-refractivity contribution in [3.63, 3.8) is 0 Å². The summed E-state index contributed by atoms with van der Waals surface area (Å²) in [5.74, 6) is -0.844. The first-order chi connectivity index (χ1) is 6.97. The van der Waals surface area contributed by atoms with Crippen molar-refractivity contribution in [1.82, 2.24) is 0 Å². The van der Waals surface area contributed by atoms with Crippen molar-refractivity contribution in [2.45, 2.75) is 45.0 Å². The Balaban J connectivity index is 3.97. The van der Waals surface area contributed by atoms with Crippen molar-refractivity contribution in [3.8, 4) is 0 Å². The number of carbonyl (C=O) groups is 1. The molecule has 88 valence electrons. The molecule has 2 unspecified atom stereocenters. The van der Waals surface area contributed by atoms with Crippen molar-refractivity contribution in [2.24, 2.45) is 11.7 Å². The zero-order valence-corrected chi connectivity index (χ0v) is 9.09. The monoisotopic (exact) mass is 217 g/mol. The molecule has 0 aromatic carbocycles. The normalized spacial score (nSPS) is 14.7. The average Bonchev–Trinajstić information content (AvgIpc) is 2.14. The summed E-state index contributed by atoms with van der Waals surface area (Å²) in [5, 5.41) is 26.1. The Morgan fingerprint density at radius 2 is 2.00 bits per heavy atom. The summed E-state index contributed by atoms with van der Waals surface area (Å²) >= 11 is 0. The zero-order chi connectivity index (χ0) is 11.8. The van der Waals surface area contributed by atoms with E-state index in [1.807, 2.05) is 6.92 Å². The largest absolute Gasteiger partial charge is 0.480 e. The van der Waals surface area contributed by atoms with Gasteiger partial charge in [0.05, 0.1) is 0 Å².